The Morgan fingerprint density at radius 2 is 1.56 bits per heavy atom. The van der Waals surface area contributed by atoms with E-state index < -0.39 is 0 Å². The molecule has 0 unspecified atom stereocenters. The molecule has 0 bridgehead atoms. The fourth-order valence-electron chi connectivity index (χ4n) is 3.01. The van der Waals surface area contributed by atoms with Gasteiger partial charge in [0.1, 0.15) is 0 Å². The van der Waals surface area contributed by atoms with Crippen LogP contribution >= 0.6 is 12.4 Å². The summed E-state index contributed by atoms with van der Waals surface area (Å²) in [5.74, 6) is 1.96. The third-order valence-corrected chi connectivity index (χ3v) is 4.28. The predicted octanol–water partition coefficient (Wildman–Crippen LogP) is 2.66. The molecule has 3 heteroatoms. The van der Waals surface area contributed by atoms with Crippen molar-refractivity contribution in [2.45, 2.75) is 51.5 Å². The summed E-state index contributed by atoms with van der Waals surface area (Å²) in [5.41, 5.74) is 5.92. The lowest BCUT2D eigenvalue weighted by Crippen LogP contribution is -2.42. The number of rotatable bonds is 2. The molecule has 2 fully saturated rings. The first kappa shape index (κ1) is 14.3. The van der Waals surface area contributed by atoms with Crippen LogP contribution in [0.25, 0.3) is 0 Å². The van der Waals surface area contributed by atoms with Crippen molar-refractivity contribution in [3.63, 3.8) is 0 Å². The molecule has 0 aromatic heterocycles. The number of hydrogen-bond donors (Lipinski definition) is 1. The first-order valence-electron chi connectivity index (χ1n) is 6.72. The number of halogens is 1. The first-order valence-corrected chi connectivity index (χ1v) is 6.72. The molecule has 2 N–H and O–H groups in total. The summed E-state index contributed by atoms with van der Waals surface area (Å²) < 4.78 is 0. The van der Waals surface area contributed by atoms with Crippen molar-refractivity contribution in [1.29, 1.82) is 0 Å². The molecule has 0 aromatic carbocycles. The monoisotopic (exact) mass is 246 g/mol. The van der Waals surface area contributed by atoms with Crippen LogP contribution in [0.1, 0.15) is 45.4 Å². The van der Waals surface area contributed by atoms with Gasteiger partial charge in [0.15, 0.2) is 0 Å². The van der Waals surface area contributed by atoms with Gasteiger partial charge in [0.05, 0.1) is 0 Å². The molecule has 0 radical (unpaired) electrons. The smallest absolute Gasteiger partial charge is 0.00631 e. The lowest BCUT2D eigenvalue weighted by molar-refractivity contribution is 0.154. The molecule has 0 amide bonds. The highest BCUT2D eigenvalue weighted by Crippen LogP contribution is 2.29. The average molecular weight is 247 g/mol. The highest BCUT2D eigenvalue weighted by Gasteiger charge is 2.22. The van der Waals surface area contributed by atoms with E-state index in [-0.39, 0.29) is 12.4 Å². The Balaban J connectivity index is 0.00000128. The molecular formula is C13H27ClN2. The number of likely N-dealkylation sites (tertiary alicyclic amines) is 1. The molecule has 0 atom stereocenters. The first-order chi connectivity index (χ1) is 7.24. The summed E-state index contributed by atoms with van der Waals surface area (Å²) in [5, 5.41) is 0. The third kappa shape index (κ3) is 4.23. The van der Waals surface area contributed by atoms with Crippen molar-refractivity contribution in [2.24, 2.45) is 17.6 Å². The normalized spacial score (nSPS) is 33.4. The van der Waals surface area contributed by atoms with Gasteiger partial charge < -0.3 is 10.6 Å². The zero-order valence-corrected chi connectivity index (χ0v) is 11.3. The lowest BCUT2D eigenvalue weighted by atomic mass is 9.82. The fourth-order valence-corrected chi connectivity index (χ4v) is 3.01. The average Bonchev–Trinajstić information content (AvgIpc) is 2.25. The SMILES string of the molecule is CC1CCC(CN2CCC(N)CC2)CC1.Cl. The molecule has 1 saturated carbocycles. The number of hydrogen-bond acceptors (Lipinski definition) is 2. The van der Waals surface area contributed by atoms with Gasteiger partial charge in [0.2, 0.25) is 0 Å². The maximum Gasteiger partial charge on any atom is 0.00631 e. The van der Waals surface area contributed by atoms with Crippen LogP contribution in [0, 0.1) is 11.8 Å². The van der Waals surface area contributed by atoms with Gasteiger partial charge in [0.25, 0.3) is 0 Å². The van der Waals surface area contributed by atoms with E-state index in [0.717, 1.165) is 11.8 Å². The number of nitrogens with zero attached hydrogens (tertiary/aromatic N) is 1. The van der Waals surface area contributed by atoms with Gasteiger partial charge in [-0.2, -0.15) is 0 Å². The molecule has 0 spiro atoms. The second-order valence-electron chi connectivity index (χ2n) is 5.76. The lowest BCUT2D eigenvalue weighted by Gasteiger charge is -2.35. The van der Waals surface area contributed by atoms with Crippen molar-refractivity contribution in [2.75, 3.05) is 19.6 Å². The minimum Gasteiger partial charge on any atom is -0.328 e. The van der Waals surface area contributed by atoms with Gasteiger partial charge in [-0.25, -0.2) is 0 Å². The summed E-state index contributed by atoms with van der Waals surface area (Å²) in [6.45, 7) is 6.23. The van der Waals surface area contributed by atoms with Crippen molar-refractivity contribution >= 4 is 12.4 Å². The number of nitrogens with two attached hydrogens (primary N) is 1. The molecule has 1 saturated heterocycles. The topological polar surface area (TPSA) is 29.3 Å². The molecule has 96 valence electrons. The highest BCUT2D eigenvalue weighted by molar-refractivity contribution is 5.85. The summed E-state index contributed by atoms with van der Waals surface area (Å²) in [6.07, 6.45) is 8.26. The molecule has 1 heterocycles. The van der Waals surface area contributed by atoms with E-state index in [9.17, 15) is 0 Å². The highest BCUT2D eigenvalue weighted by atomic mass is 35.5. The van der Waals surface area contributed by atoms with E-state index in [1.54, 1.807) is 0 Å². The van der Waals surface area contributed by atoms with Crippen LogP contribution in [-0.4, -0.2) is 30.6 Å². The van der Waals surface area contributed by atoms with E-state index in [1.165, 1.54) is 58.2 Å². The Morgan fingerprint density at radius 3 is 2.12 bits per heavy atom. The van der Waals surface area contributed by atoms with Crippen molar-refractivity contribution in [3.8, 4) is 0 Å². The molecule has 2 nitrogen and oxygen atoms in total. The van der Waals surface area contributed by atoms with E-state index in [1.807, 2.05) is 0 Å². The van der Waals surface area contributed by atoms with Crippen LogP contribution in [-0.2, 0) is 0 Å². The Bertz CT molecular complexity index is 162. The number of piperidine rings is 1. The van der Waals surface area contributed by atoms with E-state index in [0.29, 0.717) is 6.04 Å². The second-order valence-corrected chi connectivity index (χ2v) is 5.76. The van der Waals surface area contributed by atoms with Gasteiger partial charge in [-0.1, -0.05) is 19.8 Å². The second kappa shape index (κ2) is 6.83. The standard InChI is InChI=1S/C13H26N2.ClH/c1-11-2-4-12(5-3-11)10-15-8-6-13(14)7-9-15;/h11-13H,2-10,14H2,1H3;1H. The molecule has 0 aromatic rings. The third-order valence-electron chi connectivity index (χ3n) is 4.28. The van der Waals surface area contributed by atoms with E-state index in [2.05, 4.69) is 11.8 Å². The van der Waals surface area contributed by atoms with Crippen LogP contribution in [0.5, 0.6) is 0 Å². The largest absolute Gasteiger partial charge is 0.328 e. The van der Waals surface area contributed by atoms with Crippen LogP contribution in [0.4, 0.5) is 0 Å². The van der Waals surface area contributed by atoms with Crippen molar-refractivity contribution < 1.29 is 0 Å². The Labute approximate surface area is 106 Å². The summed E-state index contributed by atoms with van der Waals surface area (Å²) in [7, 11) is 0. The Hall–Kier alpha value is 0.210. The maximum atomic E-state index is 5.92. The van der Waals surface area contributed by atoms with Gasteiger partial charge in [-0.15, -0.1) is 12.4 Å². The molecular weight excluding hydrogens is 220 g/mol. The maximum absolute atomic E-state index is 5.92. The van der Waals surface area contributed by atoms with Gasteiger partial charge in [0, 0.05) is 12.6 Å². The van der Waals surface area contributed by atoms with E-state index in [4.69, 9.17) is 5.73 Å². The predicted molar refractivity (Wildman–Crippen MR) is 72.0 cm³/mol. The Morgan fingerprint density at radius 1 is 1.00 bits per heavy atom. The summed E-state index contributed by atoms with van der Waals surface area (Å²) in [4.78, 5) is 2.64. The quantitative estimate of drug-likeness (QED) is 0.812. The minimum atomic E-state index is 0. The molecule has 16 heavy (non-hydrogen) atoms. The van der Waals surface area contributed by atoms with Crippen molar-refractivity contribution in [1.82, 2.24) is 4.90 Å². The summed E-state index contributed by atoms with van der Waals surface area (Å²) in [6, 6.07) is 0.479. The van der Waals surface area contributed by atoms with Gasteiger partial charge in [-0.3, -0.25) is 0 Å². The summed E-state index contributed by atoms with van der Waals surface area (Å²) >= 11 is 0. The van der Waals surface area contributed by atoms with Crippen molar-refractivity contribution in [3.05, 3.63) is 0 Å². The molecule has 1 aliphatic heterocycles. The van der Waals surface area contributed by atoms with Crippen LogP contribution in [0.3, 0.4) is 0 Å². The Kier molecular flexibility index (Phi) is 6.09. The van der Waals surface area contributed by atoms with Crippen LogP contribution in [0.15, 0.2) is 0 Å². The minimum absolute atomic E-state index is 0. The van der Waals surface area contributed by atoms with Crippen LogP contribution in [0.2, 0.25) is 0 Å². The zero-order chi connectivity index (χ0) is 10.7. The van der Waals surface area contributed by atoms with Crippen LogP contribution < -0.4 is 5.73 Å². The van der Waals surface area contributed by atoms with Gasteiger partial charge in [-0.05, 0) is 50.6 Å². The molecule has 1 aliphatic carbocycles. The molecule has 2 rings (SSSR count). The van der Waals surface area contributed by atoms with E-state index >= 15 is 0 Å². The zero-order valence-electron chi connectivity index (χ0n) is 10.5. The molecule has 2 aliphatic rings. The van der Waals surface area contributed by atoms with Gasteiger partial charge >= 0.3 is 0 Å². The fraction of sp³-hybridized carbons (Fsp3) is 1.00.